The highest BCUT2D eigenvalue weighted by Crippen LogP contribution is 1.96. The van der Waals surface area contributed by atoms with Crippen molar-refractivity contribution in [1.82, 2.24) is 40.4 Å². The third-order valence-electron chi connectivity index (χ3n) is 2.15. The largest absolute Gasteiger partial charge is 0.175 e. The summed E-state index contributed by atoms with van der Waals surface area (Å²) in [4.78, 5) is 2.98. The number of rotatable bonds is 7. The SMILES string of the molecule is C=CCn1nnc(CCc2nnn(CC=C)n2)n1. The van der Waals surface area contributed by atoms with Crippen molar-refractivity contribution in [1.29, 1.82) is 0 Å². The van der Waals surface area contributed by atoms with Gasteiger partial charge in [0.05, 0.1) is 13.1 Å². The maximum absolute atomic E-state index is 4.18. The molecule has 0 aliphatic carbocycles. The number of tetrazole rings is 2. The van der Waals surface area contributed by atoms with Crippen molar-refractivity contribution >= 4 is 0 Å². The molecule has 18 heavy (non-hydrogen) atoms. The number of aromatic nitrogens is 8. The van der Waals surface area contributed by atoms with Gasteiger partial charge in [0.25, 0.3) is 0 Å². The van der Waals surface area contributed by atoms with Crippen LogP contribution >= 0.6 is 0 Å². The molecule has 2 aromatic heterocycles. The first-order valence-corrected chi connectivity index (χ1v) is 5.57. The first kappa shape index (κ1) is 12.1. The van der Waals surface area contributed by atoms with E-state index in [4.69, 9.17) is 0 Å². The molecule has 8 nitrogen and oxygen atoms in total. The van der Waals surface area contributed by atoms with Crippen molar-refractivity contribution in [3.8, 4) is 0 Å². The molecule has 0 atom stereocenters. The Balaban J connectivity index is 1.89. The van der Waals surface area contributed by atoms with E-state index in [1.54, 1.807) is 12.2 Å². The van der Waals surface area contributed by atoms with Gasteiger partial charge in [0.2, 0.25) is 0 Å². The number of aryl methyl sites for hydroxylation is 2. The van der Waals surface area contributed by atoms with Crippen LogP contribution in [-0.2, 0) is 25.9 Å². The second-order valence-electron chi connectivity index (χ2n) is 3.60. The van der Waals surface area contributed by atoms with Crippen LogP contribution in [0, 0.1) is 0 Å². The molecule has 0 unspecified atom stereocenters. The van der Waals surface area contributed by atoms with Crippen molar-refractivity contribution in [2.75, 3.05) is 0 Å². The maximum Gasteiger partial charge on any atom is 0.175 e. The molecule has 8 heteroatoms. The van der Waals surface area contributed by atoms with Crippen molar-refractivity contribution < 1.29 is 0 Å². The fourth-order valence-electron chi connectivity index (χ4n) is 1.36. The normalized spacial score (nSPS) is 10.4. The van der Waals surface area contributed by atoms with E-state index in [9.17, 15) is 0 Å². The highest BCUT2D eigenvalue weighted by molar-refractivity contribution is 4.86. The molecular weight excluding hydrogens is 232 g/mol. The van der Waals surface area contributed by atoms with Gasteiger partial charge in [-0.3, -0.25) is 0 Å². The van der Waals surface area contributed by atoms with Crippen LogP contribution in [-0.4, -0.2) is 40.4 Å². The molecule has 2 heterocycles. The van der Waals surface area contributed by atoms with Crippen molar-refractivity contribution in [3.63, 3.8) is 0 Å². The lowest BCUT2D eigenvalue weighted by Crippen LogP contribution is -2.02. The van der Waals surface area contributed by atoms with Crippen LogP contribution in [0.25, 0.3) is 0 Å². The minimum atomic E-state index is 0.556. The Hall–Kier alpha value is -2.38. The van der Waals surface area contributed by atoms with Gasteiger partial charge in [0.1, 0.15) is 0 Å². The van der Waals surface area contributed by atoms with Crippen LogP contribution in [0.4, 0.5) is 0 Å². The highest BCUT2D eigenvalue weighted by atomic mass is 15.6. The van der Waals surface area contributed by atoms with Crippen molar-refractivity contribution in [2.24, 2.45) is 0 Å². The number of hydrogen-bond acceptors (Lipinski definition) is 6. The van der Waals surface area contributed by atoms with E-state index >= 15 is 0 Å². The summed E-state index contributed by atoms with van der Waals surface area (Å²) in [6, 6.07) is 0. The summed E-state index contributed by atoms with van der Waals surface area (Å²) in [6.45, 7) is 8.34. The van der Waals surface area contributed by atoms with Gasteiger partial charge < -0.3 is 0 Å². The predicted octanol–water partition coefficient (Wildman–Crippen LogP) is -0.183. The molecule has 0 aromatic carbocycles. The summed E-state index contributed by atoms with van der Waals surface area (Å²) in [5, 5.41) is 24.0. The summed E-state index contributed by atoms with van der Waals surface area (Å²) in [5.74, 6) is 1.33. The summed E-state index contributed by atoms with van der Waals surface area (Å²) in [6.07, 6.45) is 4.70. The van der Waals surface area contributed by atoms with Gasteiger partial charge in [0.15, 0.2) is 11.6 Å². The molecule has 0 fully saturated rings. The fraction of sp³-hybridized carbons (Fsp3) is 0.400. The second kappa shape index (κ2) is 5.80. The Morgan fingerprint density at radius 2 is 1.28 bits per heavy atom. The van der Waals surface area contributed by atoms with E-state index in [2.05, 4.69) is 44.0 Å². The van der Waals surface area contributed by atoms with E-state index in [1.165, 1.54) is 9.59 Å². The van der Waals surface area contributed by atoms with Crippen molar-refractivity contribution in [2.45, 2.75) is 25.9 Å². The number of hydrogen-bond donors (Lipinski definition) is 0. The van der Waals surface area contributed by atoms with Gasteiger partial charge in [0, 0.05) is 12.8 Å². The molecule has 0 aliphatic heterocycles. The fourth-order valence-corrected chi connectivity index (χ4v) is 1.36. The standard InChI is InChI=1S/C10H14N8/c1-3-7-17-13-9(11-15-17)5-6-10-12-16-18(14-10)8-4-2/h3-4H,1-2,5-8H2. The molecule has 94 valence electrons. The topological polar surface area (TPSA) is 87.2 Å². The zero-order chi connectivity index (χ0) is 12.8. The Morgan fingerprint density at radius 3 is 1.67 bits per heavy atom. The lowest BCUT2D eigenvalue weighted by Gasteiger charge is -1.91. The third kappa shape index (κ3) is 3.06. The molecule has 2 aromatic rings. The summed E-state index contributed by atoms with van der Waals surface area (Å²) < 4.78 is 0. The Bertz CT molecular complexity index is 477. The van der Waals surface area contributed by atoms with Gasteiger partial charge in [-0.15, -0.1) is 33.6 Å². The Morgan fingerprint density at radius 1 is 0.833 bits per heavy atom. The number of nitrogens with zero attached hydrogens (tertiary/aromatic N) is 8. The van der Waals surface area contributed by atoms with Gasteiger partial charge >= 0.3 is 0 Å². The first-order valence-electron chi connectivity index (χ1n) is 5.57. The molecule has 0 saturated heterocycles. The van der Waals surface area contributed by atoms with Crippen LogP contribution in [0.2, 0.25) is 0 Å². The van der Waals surface area contributed by atoms with Crippen LogP contribution in [0.1, 0.15) is 11.6 Å². The Labute approximate surface area is 104 Å². The van der Waals surface area contributed by atoms with E-state index in [1.807, 2.05) is 0 Å². The molecule has 0 radical (unpaired) electrons. The Kier molecular flexibility index (Phi) is 3.90. The lowest BCUT2D eigenvalue weighted by atomic mass is 10.3. The smallest absolute Gasteiger partial charge is 0.160 e. The van der Waals surface area contributed by atoms with Gasteiger partial charge in [-0.1, -0.05) is 12.2 Å². The quantitative estimate of drug-likeness (QED) is 0.630. The average molecular weight is 246 g/mol. The minimum absolute atomic E-state index is 0.556. The summed E-state index contributed by atoms with van der Waals surface area (Å²) >= 11 is 0. The second-order valence-corrected chi connectivity index (χ2v) is 3.60. The van der Waals surface area contributed by atoms with Gasteiger partial charge in [-0.25, -0.2) is 0 Å². The average Bonchev–Trinajstić information content (AvgIpc) is 2.97. The summed E-state index contributed by atoms with van der Waals surface area (Å²) in [5.41, 5.74) is 0. The molecule has 0 saturated carbocycles. The highest BCUT2D eigenvalue weighted by Gasteiger charge is 2.06. The van der Waals surface area contributed by atoms with Crippen LogP contribution in [0.5, 0.6) is 0 Å². The van der Waals surface area contributed by atoms with Crippen molar-refractivity contribution in [3.05, 3.63) is 37.0 Å². The zero-order valence-corrected chi connectivity index (χ0v) is 9.98. The predicted molar refractivity (Wildman–Crippen MR) is 63.4 cm³/mol. The zero-order valence-electron chi connectivity index (χ0n) is 9.98. The lowest BCUT2D eigenvalue weighted by molar-refractivity contribution is 0.578. The molecule has 0 bridgehead atoms. The van der Waals surface area contributed by atoms with E-state index in [0.717, 1.165) is 0 Å². The molecule has 0 aliphatic rings. The van der Waals surface area contributed by atoms with Crippen LogP contribution in [0.3, 0.4) is 0 Å². The van der Waals surface area contributed by atoms with Crippen LogP contribution < -0.4 is 0 Å². The molecule has 0 N–H and O–H groups in total. The first-order chi connectivity index (χ1) is 8.81. The van der Waals surface area contributed by atoms with E-state index in [-0.39, 0.29) is 0 Å². The van der Waals surface area contributed by atoms with Gasteiger partial charge in [-0.2, -0.15) is 9.59 Å². The maximum atomic E-state index is 4.18. The van der Waals surface area contributed by atoms with Gasteiger partial charge in [-0.05, 0) is 10.4 Å². The monoisotopic (exact) mass is 246 g/mol. The number of allylic oxidation sites excluding steroid dienone is 2. The molecule has 0 spiro atoms. The van der Waals surface area contributed by atoms with Crippen LogP contribution in [0.15, 0.2) is 25.3 Å². The molecule has 2 rings (SSSR count). The minimum Gasteiger partial charge on any atom is -0.160 e. The van der Waals surface area contributed by atoms with E-state index in [0.29, 0.717) is 37.6 Å². The van der Waals surface area contributed by atoms with E-state index < -0.39 is 0 Å². The molecule has 0 amide bonds. The summed E-state index contributed by atoms with van der Waals surface area (Å²) in [7, 11) is 0. The molecular formula is C10H14N8. The third-order valence-corrected chi connectivity index (χ3v) is 2.15.